The molecule has 1 N–H and O–H groups in total. The Kier molecular flexibility index (Phi) is 1.25. The highest BCUT2D eigenvalue weighted by Crippen LogP contribution is 2.30. The third-order valence-electron chi connectivity index (χ3n) is 1.92. The van der Waals surface area contributed by atoms with E-state index in [-0.39, 0.29) is 18.1 Å². The molecule has 0 aromatic carbocycles. The zero-order chi connectivity index (χ0) is 8.06. The number of hydrogen-bond acceptors (Lipinski definition) is 3. The van der Waals surface area contributed by atoms with Crippen molar-refractivity contribution in [1.82, 2.24) is 5.32 Å². The van der Waals surface area contributed by atoms with Gasteiger partial charge in [-0.15, -0.1) is 0 Å². The van der Waals surface area contributed by atoms with Gasteiger partial charge in [-0.2, -0.15) is 0 Å². The summed E-state index contributed by atoms with van der Waals surface area (Å²) >= 11 is 0. The van der Waals surface area contributed by atoms with Crippen LogP contribution in [-0.2, 0) is 14.3 Å². The normalized spacial score (nSPS) is 40.4. The molecule has 4 nitrogen and oxygen atoms in total. The molecular weight excluding hydrogens is 146 g/mol. The largest absolute Gasteiger partial charge is 0.351 e. The van der Waals surface area contributed by atoms with Crippen molar-refractivity contribution in [2.75, 3.05) is 6.54 Å². The van der Waals surface area contributed by atoms with Gasteiger partial charge in [0.2, 0.25) is 0 Å². The summed E-state index contributed by atoms with van der Waals surface area (Å²) in [6.07, 6.45) is -0.470. The maximum Gasteiger partial charge on any atom is 0.252 e. The van der Waals surface area contributed by atoms with Crippen molar-refractivity contribution in [3.05, 3.63) is 0 Å². The zero-order valence-electron chi connectivity index (χ0n) is 6.59. The van der Waals surface area contributed by atoms with Crippen molar-refractivity contribution in [3.8, 4) is 0 Å². The fourth-order valence-electron chi connectivity index (χ4n) is 1.51. The molecule has 0 aliphatic carbocycles. The second kappa shape index (κ2) is 1.95. The molecule has 11 heavy (non-hydrogen) atoms. The minimum atomic E-state index is -0.590. The van der Waals surface area contributed by atoms with Gasteiger partial charge in [0.15, 0.2) is 11.9 Å². The molecule has 0 aromatic rings. The first-order valence-electron chi connectivity index (χ1n) is 3.72. The molecule has 2 saturated heterocycles. The molecule has 2 fully saturated rings. The van der Waals surface area contributed by atoms with Gasteiger partial charge >= 0.3 is 0 Å². The van der Waals surface area contributed by atoms with Crippen LogP contribution in [0.3, 0.4) is 0 Å². The molecule has 2 aliphatic rings. The molecule has 2 aliphatic heterocycles. The highest BCUT2D eigenvalue weighted by atomic mass is 16.8. The Balaban J connectivity index is 2.16. The Morgan fingerprint density at radius 1 is 1.55 bits per heavy atom. The van der Waals surface area contributed by atoms with Crippen LogP contribution < -0.4 is 5.32 Å². The third kappa shape index (κ3) is 1.02. The fourth-order valence-corrected chi connectivity index (χ4v) is 1.51. The average molecular weight is 157 g/mol. The van der Waals surface area contributed by atoms with Crippen LogP contribution in [0.4, 0.5) is 0 Å². The number of ether oxygens (including phenoxy) is 2. The number of nitrogens with one attached hydrogen (secondary N) is 1. The Morgan fingerprint density at radius 3 is 2.91 bits per heavy atom. The molecule has 62 valence electrons. The van der Waals surface area contributed by atoms with E-state index in [1.54, 1.807) is 0 Å². The summed E-state index contributed by atoms with van der Waals surface area (Å²) in [7, 11) is 0. The molecule has 0 spiro atoms. The zero-order valence-corrected chi connectivity index (χ0v) is 6.59. The summed E-state index contributed by atoms with van der Waals surface area (Å²) in [6.45, 7) is 4.21. The molecule has 0 unspecified atom stereocenters. The molecule has 0 bridgehead atoms. The summed E-state index contributed by atoms with van der Waals surface area (Å²) in [6, 6.07) is 0. The van der Waals surface area contributed by atoms with Gasteiger partial charge in [0, 0.05) is 6.54 Å². The Labute approximate surface area is 64.9 Å². The van der Waals surface area contributed by atoms with Gasteiger partial charge in [-0.1, -0.05) is 0 Å². The standard InChI is InChI=1S/C7H11NO3/c1-7(2)10-4-3-8-6(9)5(4)11-7/h4-5H,3H2,1-2H3,(H,8,9)/t4-,5-/m0/s1. The molecule has 2 atom stereocenters. The summed E-state index contributed by atoms with van der Waals surface area (Å²) in [5.74, 6) is -0.645. The first-order chi connectivity index (χ1) is 5.08. The van der Waals surface area contributed by atoms with E-state index in [0.717, 1.165) is 0 Å². The SMILES string of the molecule is CC1(C)O[C@H]2CNC(=O)[C@H]2O1. The van der Waals surface area contributed by atoms with Crippen LogP contribution in [0.1, 0.15) is 13.8 Å². The Bertz CT molecular complexity index is 202. The maximum atomic E-state index is 11.0. The number of rotatable bonds is 0. The quantitative estimate of drug-likeness (QED) is 0.522. The van der Waals surface area contributed by atoms with Crippen molar-refractivity contribution >= 4 is 5.91 Å². The van der Waals surface area contributed by atoms with Gasteiger partial charge in [-0.25, -0.2) is 0 Å². The van der Waals surface area contributed by atoms with Gasteiger partial charge < -0.3 is 14.8 Å². The highest BCUT2D eigenvalue weighted by molar-refractivity contribution is 5.84. The van der Waals surface area contributed by atoms with E-state index in [9.17, 15) is 4.79 Å². The van der Waals surface area contributed by atoms with E-state index in [2.05, 4.69) is 5.32 Å². The van der Waals surface area contributed by atoms with Gasteiger partial charge in [0.05, 0.1) is 0 Å². The van der Waals surface area contributed by atoms with Crippen LogP contribution in [-0.4, -0.2) is 30.4 Å². The number of carbonyl (C=O) groups is 1. The Morgan fingerprint density at radius 2 is 2.27 bits per heavy atom. The first kappa shape index (κ1) is 7.06. The topological polar surface area (TPSA) is 47.6 Å². The van der Waals surface area contributed by atoms with Gasteiger partial charge in [0.1, 0.15) is 6.10 Å². The van der Waals surface area contributed by atoms with Crippen LogP contribution in [0.5, 0.6) is 0 Å². The van der Waals surface area contributed by atoms with Crippen molar-refractivity contribution in [3.63, 3.8) is 0 Å². The number of amides is 1. The molecule has 1 amide bonds. The number of hydrogen-bond donors (Lipinski definition) is 1. The summed E-state index contributed by atoms with van der Waals surface area (Å²) < 4.78 is 10.8. The average Bonchev–Trinajstić information content (AvgIpc) is 2.31. The van der Waals surface area contributed by atoms with Gasteiger partial charge in [-0.05, 0) is 13.8 Å². The van der Waals surface area contributed by atoms with Crippen molar-refractivity contribution in [2.45, 2.75) is 31.8 Å². The van der Waals surface area contributed by atoms with Gasteiger partial charge in [0.25, 0.3) is 5.91 Å². The van der Waals surface area contributed by atoms with E-state index in [4.69, 9.17) is 9.47 Å². The summed E-state index contributed by atoms with van der Waals surface area (Å²) in [5.41, 5.74) is 0. The van der Waals surface area contributed by atoms with Crippen molar-refractivity contribution < 1.29 is 14.3 Å². The molecule has 0 radical (unpaired) electrons. The van der Waals surface area contributed by atoms with Gasteiger partial charge in [-0.3, -0.25) is 4.79 Å². The second-order valence-corrected chi connectivity index (χ2v) is 3.34. The molecule has 0 saturated carbocycles. The second-order valence-electron chi connectivity index (χ2n) is 3.34. The lowest BCUT2D eigenvalue weighted by Gasteiger charge is -2.17. The number of fused-ring (bicyclic) bond motifs is 1. The Hall–Kier alpha value is -0.610. The maximum absolute atomic E-state index is 11.0. The van der Waals surface area contributed by atoms with Crippen LogP contribution in [0.2, 0.25) is 0 Å². The lowest BCUT2D eigenvalue weighted by atomic mass is 10.3. The van der Waals surface area contributed by atoms with Crippen LogP contribution in [0.25, 0.3) is 0 Å². The monoisotopic (exact) mass is 157 g/mol. The van der Waals surface area contributed by atoms with Crippen molar-refractivity contribution in [2.24, 2.45) is 0 Å². The predicted molar refractivity (Wildman–Crippen MR) is 36.8 cm³/mol. The first-order valence-corrected chi connectivity index (χ1v) is 3.72. The highest BCUT2D eigenvalue weighted by Gasteiger charge is 2.48. The minimum Gasteiger partial charge on any atom is -0.351 e. The molecule has 2 rings (SSSR count). The van der Waals surface area contributed by atoms with Crippen LogP contribution in [0, 0.1) is 0 Å². The van der Waals surface area contributed by atoms with E-state index in [1.807, 2.05) is 13.8 Å². The summed E-state index contributed by atoms with van der Waals surface area (Å²) in [4.78, 5) is 11.0. The molecule has 2 heterocycles. The van der Waals surface area contributed by atoms with Crippen LogP contribution in [0.15, 0.2) is 0 Å². The van der Waals surface area contributed by atoms with E-state index < -0.39 is 5.79 Å². The fraction of sp³-hybridized carbons (Fsp3) is 0.857. The lowest BCUT2D eigenvalue weighted by Crippen LogP contribution is -2.30. The van der Waals surface area contributed by atoms with Crippen molar-refractivity contribution in [1.29, 1.82) is 0 Å². The smallest absolute Gasteiger partial charge is 0.252 e. The number of carbonyl (C=O) groups excluding carboxylic acids is 1. The molecular formula is C7H11NO3. The lowest BCUT2D eigenvalue weighted by molar-refractivity contribution is -0.159. The third-order valence-corrected chi connectivity index (χ3v) is 1.92. The summed E-state index contributed by atoms with van der Waals surface area (Å²) in [5, 5.41) is 2.67. The predicted octanol–water partition coefficient (Wildman–Crippen LogP) is -0.364. The molecule has 4 heteroatoms. The van der Waals surface area contributed by atoms with E-state index in [1.165, 1.54) is 0 Å². The molecule has 0 aromatic heterocycles. The van der Waals surface area contributed by atoms with E-state index >= 15 is 0 Å². The minimum absolute atomic E-state index is 0.0550. The van der Waals surface area contributed by atoms with E-state index in [0.29, 0.717) is 6.54 Å². The van der Waals surface area contributed by atoms with Crippen LogP contribution >= 0.6 is 0 Å².